The lowest BCUT2D eigenvalue weighted by Gasteiger charge is -2.20. The molecule has 0 atom stereocenters. The topological polar surface area (TPSA) is 89.9 Å². The van der Waals surface area contributed by atoms with Crippen LogP contribution in [0.25, 0.3) is 0 Å². The Balaban J connectivity index is 0.000000437. The Kier molecular flexibility index (Phi) is 7.47. The second kappa shape index (κ2) is 8.02. The van der Waals surface area contributed by atoms with E-state index in [4.69, 9.17) is 17.5 Å². The Hall–Kier alpha value is -1.15. The molecule has 1 rings (SSSR count). The molecule has 0 spiro atoms. The quantitative estimate of drug-likeness (QED) is 0.565. The van der Waals surface area contributed by atoms with Gasteiger partial charge in [-0.25, -0.2) is 5.01 Å². The van der Waals surface area contributed by atoms with Gasteiger partial charge in [0.25, 0.3) is 0 Å². The van der Waals surface area contributed by atoms with E-state index in [0.29, 0.717) is 0 Å². The number of benzene rings is 1. The predicted molar refractivity (Wildman–Crippen MR) is 67.2 cm³/mol. The number of rotatable bonds is 4. The lowest BCUT2D eigenvalue weighted by Crippen LogP contribution is -2.29. The first-order chi connectivity index (χ1) is 7.86. The van der Waals surface area contributed by atoms with Gasteiger partial charge < -0.3 is 5.43 Å². The van der Waals surface area contributed by atoms with Crippen LogP contribution >= 0.6 is 0 Å². The fraction of sp³-hybridized carbons (Fsp3) is 0.400. The van der Waals surface area contributed by atoms with Gasteiger partial charge in [-0.1, -0.05) is 32.0 Å². The molecule has 98 valence electrons. The molecule has 1 aromatic rings. The summed E-state index contributed by atoms with van der Waals surface area (Å²) in [6.07, 6.45) is 0. The minimum Gasteiger partial charge on any atom is -0.319 e. The van der Waals surface area contributed by atoms with E-state index in [1.807, 2.05) is 18.2 Å². The molecular formula is C10H18N2O4S. The van der Waals surface area contributed by atoms with Gasteiger partial charge in [0, 0.05) is 18.8 Å². The number of nitrogens with one attached hydrogen (secondary N) is 1. The van der Waals surface area contributed by atoms with E-state index >= 15 is 0 Å². The van der Waals surface area contributed by atoms with E-state index in [-0.39, 0.29) is 0 Å². The first-order valence-electron chi connectivity index (χ1n) is 5.13. The molecule has 0 saturated carbocycles. The Labute approximate surface area is 102 Å². The molecule has 3 N–H and O–H groups in total. The van der Waals surface area contributed by atoms with Crippen molar-refractivity contribution < 1.29 is 17.5 Å². The van der Waals surface area contributed by atoms with E-state index in [1.165, 1.54) is 0 Å². The van der Waals surface area contributed by atoms with Crippen molar-refractivity contribution in [1.82, 2.24) is 5.01 Å². The number of hydrazine groups is 1. The van der Waals surface area contributed by atoms with Crippen molar-refractivity contribution >= 4 is 16.1 Å². The lowest BCUT2D eigenvalue weighted by atomic mass is 10.3. The maximum Gasteiger partial charge on any atom is 0.394 e. The monoisotopic (exact) mass is 262 g/mol. The molecule has 0 unspecified atom stereocenters. The van der Waals surface area contributed by atoms with E-state index in [0.717, 1.165) is 18.8 Å². The molecular weight excluding hydrogens is 244 g/mol. The molecule has 0 bridgehead atoms. The van der Waals surface area contributed by atoms with E-state index in [1.54, 1.807) is 0 Å². The van der Waals surface area contributed by atoms with Crippen molar-refractivity contribution in [3.05, 3.63) is 30.3 Å². The van der Waals surface area contributed by atoms with Crippen LogP contribution in [-0.4, -0.2) is 35.6 Å². The summed E-state index contributed by atoms with van der Waals surface area (Å²) < 4.78 is 31.6. The predicted octanol–water partition coefficient (Wildman–Crippen LogP) is 1.70. The summed E-state index contributed by atoms with van der Waals surface area (Å²) in [6.45, 7) is 6.32. The van der Waals surface area contributed by atoms with Crippen LogP contribution in [0.3, 0.4) is 0 Å². The summed E-state index contributed by atoms with van der Waals surface area (Å²) in [5.74, 6) is 0. The first-order valence-corrected chi connectivity index (χ1v) is 6.53. The zero-order valence-electron chi connectivity index (χ0n) is 9.87. The molecule has 1 aromatic carbocycles. The third kappa shape index (κ3) is 11.1. The van der Waals surface area contributed by atoms with Gasteiger partial charge in [-0.3, -0.25) is 9.11 Å². The van der Waals surface area contributed by atoms with Crippen molar-refractivity contribution in [2.75, 3.05) is 18.5 Å². The summed E-state index contributed by atoms with van der Waals surface area (Å²) >= 11 is 0. The summed E-state index contributed by atoms with van der Waals surface area (Å²) in [6, 6.07) is 10.2. The minimum atomic E-state index is -4.67. The van der Waals surface area contributed by atoms with Gasteiger partial charge in [0.1, 0.15) is 0 Å². The first kappa shape index (κ1) is 15.9. The van der Waals surface area contributed by atoms with Gasteiger partial charge in [0.05, 0.1) is 0 Å². The van der Waals surface area contributed by atoms with Crippen molar-refractivity contribution in [1.29, 1.82) is 0 Å². The number of para-hydroxylation sites is 1. The maximum absolute atomic E-state index is 8.74. The molecule has 7 heteroatoms. The second-order valence-corrected chi connectivity index (χ2v) is 3.99. The van der Waals surface area contributed by atoms with Crippen LogP contribution in [0.15, 0.2) is 30.3 Å². The summed E-state index contributed by atoms with van der Waals surface area (Å²) in [4.78, 5) is 0. The number of anilines is 1. The summed E-state index contributed by atoms with van der Waals surface area (Å²) in [7, 11) is -4.67. The third-order valence-electron chi connectivity index (χ3n) is 1.82. The van der Waals surface area contributed by atoms with E-state index in [2.05, 4.69) is 36.4 Å². The van der Waals surface area contributed by atoms with Crippen molar-refractivity contribution in [3.63, 3.8) is 0 Å². The van der Waals surface area contributed by atoms with Crippen molar-refractivity contribution in [2.45, 2.75) is 13.8 Å². The molecule has 0 radical (unpaired) electrons. The fourth-order valence-corrected chi connectivity index (χ4v) is 1.08. The van der Waals surface area contributed by atoms with Crippen LogP contribution in [0.2, 0.25) is 0 Å². The standard InChI is InChI=1S/C10H16N2.H2O4S/c1-3-12(4-2)11-10-8-6-5-7-9-10;1-5(2,3)4/h5-9,11H,3-4H2,1-2H3;(H2,1,2,3,4). The Morgan fingerprint density at radius 2 is 1.53 bits per heavy atom. The Morgan fingerprint density at radius 1 is 1.12 bits per heavy atom. The zero-order valence-corrected chi connectivity index (χ0v) is 10.7. The molecule has 0 aliphatic carbocycles. The van der Waals surface area contributed by atoms with Gasteiger partial charge >= 0.3 is 10.4 Å². The highest BCUT2D eigenvalue weighted by Gasteiger charge is 1.96. The molecule has 0 fully saturated rings. The van der Waals surface area contributed by atoms with Crippen LogP contribution in [0.5, 0.6) is 0 Å². The highest BCUT2D eigenvalue weighted by molar-refractivity contribution is 7.79. The van der Waals surface area contributed by atoms with Crippen molar-refractivity contribution in [3.8, 4) is 0 Å². The average Bonchev–Trinajstić information content (AvgIpc) is 2.25. The molecule has 6 nitrogen and oxygen atoms in total. The zero-order chi connectivity index (χ0) is 13.3. The van der Waals surface area contributed by atoms with Crippen LogP contribution in [-0.2, 0) is 10.4 Å². The van der Waals surface area contributed by atoms with Gasteiger partial charge in [-0.05, 0) is 12.1 Å². The van der Waals surface area contributed by atoms with Gasteiger partial charge in [0.2, 0.25) is 0 Å². The van der Waals surface area contributed by atoms with Gasteiger partial charge in [-0.2, -0.15) is 8.42 Å². The molecule has 0 heterocycles. The summed E-state index contributed by atoms with van der Waals surface area (Å²) in [5.41, 5.74) is 4.47. The molecule has 0 amide bonds. The lowest BCUT2D eigenvalue weighted by molar-refractivity contribution is 0.367. The highest BCUT2D eigenvalue weighted by atomic mass is 32.3. The van der Waals surface area contributed by atoms with Crippen LogP contribution in [0, 0.1) is 0 Å². The van der Waals surface area contributed by atoms with Gasteiger partial charge in [0.15, 0.2) is 0 Å². The molecule has 0 aliphatic rings. The van der Waals surface area contributed by atoms with Crippen LogP contribution < -0.4 is 5.43 Å². The Bertz CT molecular complexity index is 382. The molecule has 0 saturated heterocycles. The largest absolute Gasteiger partial charge is 0.394 e. The van der Waals surface area contributed by atoms with Gasteiger partial charge in [-0.15, -0.1) is 0 Å². The highest BCUT2D eigenvalue weighted by Crippen LogP contribution is 2.05. The Morgan fingerprint density at radius 3 is 1.88 bits per heavy atom. The number of hydrogen-bond donors (Lipinski definition) is 3. The SMILES string of the molecule is CCN(CC)Nc1ccccc1.O=S(=O)(O)O. The van der Waals surface area contributed by atoms with E-state index in [9.17, 15) is 0 Å². The normalized spacial score (nSPS) is 10.6. The van der Waals surface area contributed by atoms with Crippen LogP contribution in [0.1, 0.15) is 13.8 Å². The maximum atomic E-state index is 8.74. The fourth-order valence-electron chi connectivity index (χ4n) is 1.08. The smallest absolute Gasteiger partial charge is 0.319 e. The third-order valence-corrected chi connectivity index (χ3v) is 1.82. The number of nitrogens with zero attached hydrogens (tertiary/aromatic N) is 1. The average molecular weight is 262 g/mol. The van der Waals surface area contributed by atoms with E-state index < -0.39 is 10.4 Å². The minimum absolute atomic E-state index is 1.02. The molecule has 0 aromatic heterocycles. The molecule has 0 aliphatic heterocycles. The van der Waals surface area contributed by atoms with Crippen LogP contribution in [0.4, 0.5) is 5.69 Å². The summed E-state index contributed by atoms with van der Waals surface area (Å²) in [5, 5.41) is 2.16. The van der Waals surface area contributed by atoms with Crippen molar-refractivity contribution in [2.24, 2.45) is 0 Å². The number of hydrogen-bond acceptors (Lipinski definition) is 4. The second-order valence-electron chi connectivity index (χ2n) is 3.10. The molecule has 17 heavy (non-hydrogen) atoms.